The summed E-state index contributed by atoms with van der Waals surface area (Å²) < 4.78 is 4.78. The largest absolute Gasteiger partial charge is 0.453 e. The van der Waals surface area contributed by atoms with E-state index < -0.39 is 12.1 Å². The number of aromatic amines is 2. The van der Waals surface area contributed by atoms with Crippen molar-refractivity contribution in [3.63, 3.8) is 0 Å². The average Bonchev–Trinajstić information content (AvgIpc) is 3.95. The molecule has 3 N–H and O–H groups in total. The molecule has 1 saturated heterocycles. The van der Waals surface area contributed by atoms with E-state index in [0.717, 1.165) is 58.1 Å². The van der Waals surface area contributed by atoms with Crippen LogP contribution in [0.15, 0.2) is 54.9 Å². The second-order valence-electron chi connectivity index (χ2n) is 15.0. The highest BCUT2D eigenvalue weighted by Crippen LogP contribution is 2.35. The third-order valence-electron chi connectivity index (χ3n) is 10.0. The van der Waals surface area contributed by atoms with Crippen LogP contribution in [-0.4, -0.2) is 56.5 Å². The molecule has 6 rings (SSSR count). The predicted octanol–water partition coefficient (Wildman–Crippen LogP) is 7.87. The molecule has 51 heavy (non-hydrogen) atoms. The first-order chi connectivity index (χ1) is 24.5. The zero-order valence-electron chi connectivity index (χ0n) is 30.5. The van der Waals surface area contributed by atoms with E-state index in [-0.39, 0.29) is 23.3 Å². The number of aromatic nitrogens is 4. The van der Waals surface area contributed by atoms with Gasteiger partial charge in [0, 0.05) is 23.6 Å². The van der Waals surface area contributed by atoms with Gasteiger partial charge in [0.2, 0.25) is 5.91 Å². The zero-order valence-corrected chi connectivity index (χ0v) is 30.5. The molecule has 0 unspecified atom stereocenters. The number of carbonyl (C=O) groups is 2. The number of nitrogens with one attached hydrogen (secondary N) is 3. The Morgan fingerprint density at radius 3 is 2.31 bits per heavy atom. The van der Waals surface area contributed by atoms with E-state index in [1.165, 1.54) is 38.4 Å². The van der Waals surface area contributed by atoms with Crippen molar-refractivity contribution in [3.05, 3.63) is 83.3 Å². The summed E-state index contributed by atoms with van der Waals surface area (Å²) in [7, 11) is 1.30. The van der Waals surface area contributed by atoms with Gasteiger partial charge in [-0.2, -0.15) is 0 Å². The van der Waals surface area contributed by atoms with E-state index in [2.05, 4.69) is 95.1 Å². The number of benzene rings is 2. The fourth-order valence-electron chi connectivity index (χ4n) is 7.06. The van der Waals surface area contributed by atoms with Crippen molar-refractivity contribution in [3.8, 4) is 46.1 Å². The molecule has 2 fully saturated rings. The van der Waals surface area contributed by atoms with E-state index in [1.807, 2.05) is 37.1 Å². The molecule has 2 atom stereocenters. The van der Waals surface area contributed by atoms with Gasteiger partial charge in [-0.1, -0.05) is 83.7 Å². The van der Waals surface area contributed by atoms with E-state index in [4.69, 9.17) is 9.72 Å². The molecule has 2 amide bonds. The molecule has 0 spiro atoms. The highest BCUT2D eigenvalue weighted by molar-refractivity contribution is 5.86. The zero-order chi connectivity index (χ0) is 36.1. The lowest BCUT2D eigenvalue weighted by molar-refractivity contribution is -0.135. The number of amides is 2. The van der Waals surface area contributed by atoms with Gasteiger partial charge < -0.3 is 24.9 Å². The third-order valence-corrected chi connectivity index (χ3v) is 10.0. The Hall–Kier alpha value is -5.28. The maximum absolute atomic E-state index is 13.7. The van der Waals surface area contributed by atoms with Crippen LogP contribution in [0.3, 0.4) is 0 Å². The van der Waals surface area contributed by atoms with Crippen molar-refractivity contribution in [1.82, 2.24) is 30.2 Å². The summed E-state index contributed by atoms with van der Waals surface area (Å²) >= 11 is 0. The Bertz CT molecular complexity index is 1990. The van der Waals surface area contributed by atoms with Gasteiger partial charge in [0.25, 0.3) is 0 Å². The number of likely N-dealkylation sites (tertiary alicyclic amines) is 1. The number of methoxy groups -OCH3 is 1. The van der Waals surface area contributed by atoms with E-state index >= 15 is 0 Å². The topological polar surface area (TPSA) is 116 Å². The minimum Gasteiger partial charge on any atom is -0.453 e. The molecule has 1 aliphatic carbocycles. The van der Waals surface area contributed by atoms with Crippen molar-refractivity contribution in [2.75, 3.05) is 13.7 Å². The number of hydrogen-bond acceptors (Lipinski definition) is 5. The van der Waals surface area contributed by atoms with Gasteiger partial charge in [-0.3, -0.25) is 4.79 Å². The number of nitrogens with zero attached hydrogens (tertiary/aromatic N) is 3. The van der Waals surface area contributed by atoms with Gasteiger partial charge >= 0.3 is 6.09 Å². The summed E-state index contributed by atoms with van der Waals surface area (Å²) in [4.78, 5) is 43.7. The number of alkyl carbamates (subject to hydrolysis) is 1. The number of H-pyrrole nitrogens is 2. The minimum atomic E-state index is -0.688. The third kappa shape index (κ3) is 8.21. The first-order valence-corrected chi connectivity index (χ1v) is 18.0. The van der Waals surface area contributed by atoms with Crippen LogP contribution in [0.2, 0.25) is 0 Å². The molecule has 4 aromatic rings. The fourth-order valence-corrected chi connectivity index (χ4v) is 7.06. The van der Waals surface area contributed by atoms with Gasteiger partial charge in [-0.05, 0) is 83.6 Å². The smallest absolute Gasteiger partial charge is 0.407 e. The van der Waals surface area contributed by atoms with Crippen LogP contribution in [0.25, 0.3) is 22.4 Å². The highest BCUT2D eigenvalue weighted by Gasteiger charge is 2.37. The quantitative estimate of drug-likeness (QED) is 0.171. The first kappa shape index (κ1) is 35.5. The molecule has 1 aliphatic heterocycles. The number of ether oxygens (including phenoxy) is 1. The molecular formula is C42H48N6O3. The van der Waals surface area contributed by atoms with Crippen molar-refractivity contribution < 1.29 is 14.3 Å². The van der Waals surface area contributed by atoms with Crippen molar-refractivity contribution in [1.29, 1.82) is 0 Å². The molecule has 2 aromatic carbocycles. The maximum atomic E-state index is 13.7. The first-order valence-electron chi connectivity index (χ1n) is 18.0. The lowest BCUT2D eigenvalue weighted by atomic mass is 9.86. The van der Waals surface area contributed by atoms with Crippen molar-refractivity contribution >= 4 is 12.0 Å². The molecule has 0 bridgehead atoms. The summed E-state index contributed by atoms with van der Waals surface area (Å²) in [6.45, 7) is 11.1. The van der Waals surface area contributed by atoms with Gasteiger partial charge in [0.05, 0.1) is 31.2 Å². The predicted molar refractivity (Wildman–Crippen MR) is 200 cm³/mol. The maximum Gasteiger partial charge on any atom is 0.407 e. The minimum absolute atomic E-state index is 0.0370. The van der Waals surface area contributed by atoms with Gasteiger partial charge in [0.15, 0.2) is 0 Å². The molecule has 264 valence electrons. The van der Waals surface area contributed by atoms with E-state index in [1.54, 1.807) is 6.20 Å². The Morgan fingerprint density at radius 1 is 0.902 bits per heavy atom. The number of hydrogen-bond donors (Lipinski definition) is 3. The molecular weight excluding hydrogens is 637 g/mol. The number of rotatable bonds is 7. The van der Waals surface area contributed by atoms with Crippen LogP contribution in [-0.2, 0) is 14.9 Å². The molecule has 9 heteroatoms. The van der Waals surface area contributed by atoms with Gasteiger partial charge in [-0.25, -0.2) is 14.8 Å². The van der Waals surface area contributed by atoms with Crippen LogP contribution < -0.4 is 5.32 Å². The average molecular weight is 685 g/mol. The number of imidazole rings is 2. The second-order valence-corrected chi connectivity index (χ2v) is 15.0. The van der Waals surface area contributed by atoms with E-state index in [0.29, 0.717) is 12.5 Å². The molecule has 1 saturated carbocycles. The van der Waals surface area contributed by atoms with Crippen LogP contribution in [0.1, 0.15) is 114 Å². The monoisotopic (exact) mass is 684 g/mol. The van der Waals surface area contributed by atoms with E-state index in [9.17, 15) is 9.59 Å². The normalized spacial score (nSPS) is 16.7. The summed E-state index contributed by atoms with van der Waals surface area (Å²) in [5.74, 6) is 14.6. The van der Waals surface area contributed by atoms with Crippen LogP contribution in [0.4, 0.5) is 4.79 Å². The van der Waals surface area contributed by atoms with Crippen LogP contribution in [0, 0.1) is 29.6 Å². The van der Waals surface area contributed by atoms with Gasteiger partial charge in [0.1, 0.15) is 23.4 Å². The Balaban J connectivity index is 1.28. The lowest BCUT2D eigenvalue weighted by Crippen LogP contribution is -2.51. The molecule has 3 heterocycles. The summed E-state index contributed by atoms with van der Waals surface area (Å²) in [5.41, 5.74) is 6.82. The van der Waals surface area contributed by atoms with Crippen LogP contribution >= 0.6 is 0 Å². The SMILES string of the molecule is COC(=O)N[C@H](C(=O)N1CCC[C@H]1c1ncc(-c2ccc(C#CC#Cc3cnc(C4CCCC4)[nH]3)c(-c3ccc(C(C)(C)C)cc3)c2)[nH]1)C(C)C. The summed E-state index contributed by atoms with van der Waals surface area (Å²) in [5, 5.41) is 2.72. The highest BCUT2D eigenvalue weighted by atomic mass is 16.5. The van der Waals surface area contributed by atoms with Crippen molar-refractivity contribution in [2.45, 2.75) is 96.6 Å². The van der Waals surface area contributed by atoms with Crippen molar-refractivity contribution in [2.24, 2.45) is 5.92 Å². The molecule has 0 radical (unpaired) electrons. The second kappa shape index (κ2) is 15.3. The summed E-state index contributed by atoms with van der Waals surface area (Å²) in [6.07, 6.45) is 9.53. The van der Waals surface area contributed by atoms with Gasteiger partial charge in [-0.15, -0.1) is 0 Å². The Kier molecular flexibility index (Phi) is 10.7. The molecule has 2 aromatic heterocycles. The Labute approximate surface area is 301 Å². The molecule has 2 aliphatic rings. The van der Waals surface area contributed by atoms with Crippen LogP contribution in [0.5, 0.6) is 0 Å². The lowest BCUT2D eigenvalue weighted by Gasteiger charge is -2.30. The standard InChI is InChI=1S/C42H48N6O3/c1-27(2)37(47-41(50)51-6)40(49)48-23-11-16-36(48)39-44-26-35(46-39)31-18-17-28(34(24-31)29-19-21-32(22-20-29)42(3,4)5)12-9-10-15-33-25-43-38(45-33)30-13-7-8-14-30/h17-22,24-27,30,36-37H,7-8,11,13-14,16,23H2,1-6H3,(H,43,45)(H,44,46)(H,47,50)/t36-,37-/m0/s1. The molecule has 9 nitrogen and oxygen atoms in total. The Morgan fingerprint density at radius 2 is 1.61 bits per heavy atom. The number of carbonyl (C=O) groups excluding carboxylic acids is 2. The fraction of sp³-hybridized carbons (Fsp3) is 0.429. The summed E-state index contributed by atoms with van der Waals surface area (Å²) in [6, 6.07) is 14.0.